The monoisotopic (exact) mass is 377 g/mol. The lowest BCUT2D eigenvalue weighted by molar-refractivity contribution is 0.0711. The number of nitrogens with zero attached hydrogens (tertiary/aromatic N) is 3. The van der Waals surface area contributed by atoms with Crippen molar-refractivity contribution in [2.75, 3.05) is 13.1 Å². The van der Waals surface area contributed by atoms with E-state index in [0.717, 1.165) is 49.4 Å². The summed E-state index contributed by atoms with van der Waals surface area (Å²) in [6.45, 7) is 4.48. The molecule has 3 aromatic rings. The lowest BCUT2D eigenvalue weighted by Crippen LogP contribution is -2.38. The quantitative estimate of drug-likeness (QED) is 0.659. The second-order valence-corrected chi connectivity index (χ2v) is 7.19. The molecule has 1 aliphatic rings. The molecular weight excluding hydrogens is 353 g/mol. The predicted octanol–water partition coefficient (Wildman–Crippen LogP) is 4.73. The van der Waals surface area contributed by atoms with Crippen LogP contribution in [0.25, 0.3) is 11.1 Å². The third-order valence-corrected chi connectivity index (χ3v) is 5.55. The maximum Gasteiger partial charge on any atom is 0.254 e. The summed E-state index contributed by atoms with van der Waals surface area (Å²) in [6, 6.07) is 13.9. The molecule has 4 nitrogen and oxygen atoms in total. The number of halogens is 1. The average Bonchev–Trinajstić information content (AvgIpc) is 3.23. The van der Waals surface area contributed by atoms with Crippen LogP contribution < -0.4 is 0 Å². The highest BCUT2D eigenvalue weighted by molar-refractivity contribution is 6.00. The van der Waals surface area contributed by atoms with Crippen LogP contribution >= 0.6 is 0 Å². The van der Waals surface area contributed by atoms with Crippen molar-refractivity contribution in [1.82, 2.24) is 14.5 Å². The van der Waals surface area contributed by atoms with Gasteiger partial charge in [0.05, 0.1) is 0 Å². The molecule has 0 atom stereocenters. The molecule has 0 spiro atoms. The number of hydrogen-bond donors (Lipinski definition) is 0. The first-order valence-electron chi connectivity index (χ1n) is 9.82. The van der Waals surface area contributed by atoms with E-state index < -0.39 is 0 Å². The number of hydrogen-bond acceptors (Lipinski definition) is 2. The predicted molar refractivity (Wildman–Crippen MR) is 108 cm³/mol. The summed E-state index contributed by atoms with van der Waals surface area (Å²) in [4.78, 5) is 19.7. The molecule has 5 heteroatoms. The number of benzene rings is 2. The Kier molecular flexibility index (Phi) is 5.24. The van der Waals surface area contributed by atoms with E-state index in [-0.39, 0.29) is 11.7 Å². The van der Waals surface area contributed by atoms with Gasteiger partial charge < -0.3 is 9.47 Å². The third-order valence-electron chi connectivity index (χ3n) is 5.55. The molecule has 144 valence electrons. The number of aryl methyl sites for hydroxylation is 1. The minimum atomic E-state index is -0.278. The van der Waals surface area contributed by atoms with Crippen molar-refractivity contribution in [2.45, 2.75) is 32.2 Å². The summed E-state index contributed by atoms with van der Waals surface area (Å²) in [7, 11) is 0. The van der Waals surface area contributed by atoms with Gasteiger partial charge in [0.1, 0.15) is 11.6 Å². The van der Waals surface area contributed by atoms with Crippen molar-refractivity contribution in [3.8, 4) is 11.1 Å². The largest absolute Gasteiger partial charge is 0.339 e. The van der Waals surface area contributed by atoms with Crippen LogP contribution in [0.5, 0.6) is 0 Å². The Morgan fingerprint density at radius 2 is 1.82 bits per heavy atom. The van der Waals surface area contributed by atoms with Gasteiger partial charge in [0, 0.05) is 43.5 Å². The van der Waals surface area contributed by atoms with E-state index in [1.807, 2.05) is 41.6 Å². The van der Waals surface area contributed by atoms with Crippen LogP contribution in [-0.2, 0) is 6.54 Å². The first-order valence-corrected chi connectivity index (χ1v) is 9.82. The van der Waals surface area contributed by atoms with Gasteiger partial charge in [-0.3, -0.25) is 4.79 Å². The molecule has 1 fully saturated rings. The van der Waals surface area contributed by atoms with Crippen molar-refractivity contribution in [3.05, 3.63) is 78.1 Å². The van der Waals surface area contributed by atoms with Crippen molar-refractivity contribution in [2.24, 2.45) is 0 Å². The molecule has 1 amide bonds. The molecule has 0 aliphatic carbocycles. The summed E-state index contributed by atoms with van der Waals surface area (Å²) in [6.07, 6.45) is 5.71. The smallest absolute Gasteiger partial charge is 0.254 e. The van der Waals surface area contributed by atoms with Gasteiger partial charge in [0.25, 0.3) is 5.91 Å². The molecule has 1 aromatic heterocycles. The van der Waals surface area contributed by atoms with E-state index in [9.17, 15) is 9.18 Å². The van der Waals surface area contributed by atoms with E-state index in [4.69, 9.17) is 0 Å². The van der Waals surface area contributed by atoms with E-state index in [1.165, 1.54) is 12.1 Å². The van der Waals surface area contributed by atoms with Crippen molar-refractivity contribution in [3.63, 3.8) is 0 Å². The van der Waals surface area contributed by atoms with Gasteiger partial charge in [-0.25, -0.2) is 9.37 Å². The van der Waals surface area contributed by atoms with Gasteiger partial charge in [0.15, 0.2) is 0 Å². The Labute approximate surface area is 164 Å². The van der Waals surface area contributed by atoms with Gasteiger partial charge in [-0.05, 0) is 49.1 Å². The van der Waals surface area contributed by atoms with Crippen molar-refractivity contribution in [1.29, 1.82) is 0 Å². The minimum absolute atomic E-state index is 0.0391. The van der Waals surface area contributed by atoms with Gasteiger partial charge in [-0.2, -0.15) is 0 Å². The van der Waals surface area contributed by atoms with Gasteiger partial charge >= 0.3 is 0 Å². The zero-order valence-electron chi connectivity index (χ0n) is 16.0. The Balaban J connectivity index is 1.51. The number of piperidine rings is 1. The molecule has 1 aliphatic heterocycles. The minimum Gasteiger partial charge on any atom is -0.339 e. The topological polar surface area (TPSA) is 38.1 Å². The molecule has 2 heterocycles. The lowest BCUT2D eigenvalue weighted by Gasteiger charge is -2.32. The van der Waals surface area contributed by atoms with E-state index in [0.29, 0.717) is 11.5 Å². The van der Waals surface area contributed by atoms with Crippen molar-refractivity contribution >= 4 is 5.91 Å². The number of amides is 1. The average molecular weight is 377 g/mol. The molecule has 0 N–H and O–H groups in total. The van der Waals surface area contributed by atoms with E-state index in [2.05, 4.69) is 16.5 Å². The van der Waals surface area contributed by atoms with Crippen LogP contribution in [0.3, 0.4) is 0 Å². The van der Waals surface area contributed by atoms with Crippen LogP contribution in [0.4, 0.5) is 4.39 Å². The Hall–Kier alpha value is -2.95. The van der Waals surface area contributed by atoms with Gasteiger partial charge in [0.2, 0.25) is 0 Å². The second kappa shape index (κ2) is 7.97. The Morgan fingerprint density at radius 1 is 1.11 bits per heavy atom. The molecule has 0 unspecified atom stereocenters. The summed E-state index contributed by atoms with van der Waals surface area (Å²) in [5, 5.41) is 0. The molecule has 0 radical (unpaired) electrons. The second-order valence-electron chi connectivity index (χ2n) is 7.19. The zero-order valence-corrected chi connectivity index (χ0v) is 16.0. The van der Waals surface area contributed by atoms with Gasteiger partial charge in [-0.15, -0.1) is 0 Å². The highest BCUT2D eigenvalue weighted by Crippen LogP contribution is 2.30. The van der Waals surface area contributed by atoms with Crippen LogP contribution in [0.15, 0.2) is 60.9 Å². The fraction of sp³-hybridized carbons (Fsp3) is 0.304. The molecule has 2 aromatic carbocycles. The van der Waals surface area contributed by atoms with Crippen LogP contribution in [-0.4, -0.2) is 33.4 Å². The summed E-state index contributed by atoms with van der Waals surface area (Å²) in [5.74, 6) is 1.28. The number of rotatable bonds is 4. The summed E-state index contributed by atoms with van der Waals surface area (Å²) in [5.41, 5.74) is 2.36. The first kappa shape index (κ1) is 18.4. The first-order chi connectivity index (χ1) is 13.7. The Bertz CT molecular complexity index is 956. The standard InChI is InChI=1S/C23H24FN3O/c1-2-26-16-13-25-22(26)18-11-14-27(15-12-18)23(28)21-6-4-3-5-20(21)17-7-9-19(24)10-8-17/h3-10,13,16,18H,2,11-12,14-15H2,1H3. The molecule has 0 saturated carbocycles. The number of likely N-dealkylation sites (tertiary alicyclic amines) is 1. The van der Waals surface area contributed by atoms with E-state index >= 15 is 0 Å². The molecule has 0 bridgehead atoms. The maximum atomic E-state index is 13.3. The number of carbonyl (C=O) groups is 1. The van der Waals surface area contributed by atoms with Crippen LogP contribution in [0, 0.1) is 5.82 Å². The zero-order chi connectivity index (χ0) is 19.5. The normalized spacial score (nSPS) is 15.0. The highest BCUT2D eigenvalue weighted by Gasteiger charge is 2.27. The molecule has 4 rings (SSSR count). The Morgan fingerprint density at radius 3 is 2.54 bits per heavy atom. The lowest BCUT2D eigenvalue weighted by atomic mass is 9.94. The fourth-order valence-electron chi connectivity index (χ4n) is 4.01. The third kappa shape index (κ3) is 3.57. The molecule has 28 heavy (non-hydrogen) atoms. The number of aromatic nitrogens is 2. The number of imidazole rings is 1. The number of carbonyl (C=O) groups excluding carboxylic acids is 1. The van der Waals surface area contributed by atoms with Crippen LogP contribution in [0.2, 0.25) is 0 Å². The molecular formula is C23H24FN3O. The fourth-order valence-corrected chi connectivity index (χ4v) is 4.01. The SMILES string of the molecule is CCn1ccnc1C1CCN(C(=O)c2ccccc2-c2ccc(F)cc2)CC1. The van der Waals surface area contributed by atoms with Crippen molar-refractivity contribution < 1.29 is 9.18 Å². The summed E-state index contributed by atoms with van der Waals surface area (Å²) >= 11 is 0. The molecule has 1 saturated heterocycles. The van der Waals surface area contributed by atoms with Crippen LogP contribution in [0.1, 0.15) is 41.9 Å². The highest BCUT2D eigenvalue weighted by atomic mass is 19.1. The maximum absolute atomic E-state index is 13.3. The van der Waals surface area contributed by atoms with Gasteiger partial charge in [-0.1, -0.05) is 30.3 Å². The summed E-state index contributed by atoms with van der Waals surface area (Å²) < 4.78 is 15.5. The van der Waals surface area contributed by atoms with E-state index in [1.54, 1.807) is 12.1 Å².